The van der Waals surface area contributed by atoms with Gasteiger partial charge < -0.3 is 10.1 Å². The van der Waals surface area contributed by atoms with Crippen LogP contribution in [0, 0.1) is 5.82 Å². The zero-order valence-electron chi connectivity index (χ0n) is 10.6. The molecule has 0 radical (unpaired) electrons. The topological polar surface area (TPSA) is 51.2 Å². The standard InChI is InChI=1S/C14H13FN2O2S/c15-10-4-2-1-3-9(10)12-8-17-14(20-12)13(18)11-7-16-5-6-19-11/h1-4,8,11,16H,5-7H2. The maximum absolute atomic E-state index is 13.7. The van der Waals surface area contributed by atoms with Gasteiger partial charge in [0.2, 0.25) is 5.78 Å². The molecule has 2 heterocycles. The summed E-state index contributed by atoms with van der Waals surface area (Å²) in [5, 5.41) is 3.46. The van der Waals surface area contributed by atoms with Crippen molar-refractivity contribution in [3.8, 4) is 10.4 Å². The van der Waals surface area contributed by atoms with Gasteiger partial charge in [-0.2, -0.15) is 0 Å². The molecule has 0 amide bonds. The lowest BCUT2D eigenvalue weighted by Crippen LogP contribution is -2.43. The number of Topliss-reactive ketones (excluding diaryl/α,β-unsaturated/α-hetero) is 1. The molecule has 6 heteroatoms. The van der Waals surface area contributed by atoms with E-state index in [-0.39, 0.29) is 11.6 Å². The lowest BCUT2D eigenvalue weighted by Gasteiger charge is -2.21. The van der Waals surface area contributed by atoms with E-state index in [1.165, 1.54) is 23.6 Å². The molecule has 1 fully saturated rings. The molecule has 1 aromatic carbocycles. The van der Waals surface area contributed by atoms with Crippen LogP contribution in [0.1, 0.15) is 9.80 Å². The van der Waals surface area contributed by atoms with Crippen LogP contribution in [0.25, 0.3) is 10.4 Å². The highest BCUT2D eigenvalue weighted by atomic mass is 32.1. The lowest BCUT2D eigenvalue weighted by molar-refractivity contribution is 0.0269. The molecular weight excluding hydrogens is 279 g/mol. The van der Waals surface area contributed by atoms with Gasteiger partial charge in [0.15, 0.2) is 5.01 Å². The zero-order valence-corrected chi connectivity index (χ0v) is 11.5. The molecule has 4 nitrogen and oxygen atoms in total. The maximum Gasteiger partial charge on any atom is 0.221 e. The molecule has 0 saturated carbocycles. The lowest BCUT2D eigenvalue weighted by atomic mass is 10.2. The van der Waals surface area contributed by atoms with Crippen molar-refractivity contribution in [1.82, 2.24) is 10.3 Å². The number of hydrogen-bond donors (Lipinski definition) is 1. The van der Waals surface area contributed by atoms with Crippen molar-refractivity contribution in [3.63, 3.8) is 0 Å². The van der Waals surface area contributed by atoms with Crippen LogP contribution in [0.5, 0.6) is 0 Å². The molecule has 104 valence electrons. The van der Waals surface area contributed by atoms with Gasteiger partial charge in [-0.05, 0) is 6.07 Å². The normalized spacial score (nSPS) is 18.9. The number of halogens is 1. The fraction of sp³-hybridized carbons (Fsp3) is 0.286. The molecule has 0 aliphatic carbocycles. The third-order valence-electron chi connectivity index (χ3n) is 3.08. The van der Waals surface area contributed by atoms with Crippen LogP contribution >= 0.6 is 11.3 Å². The summed E-state index contributed by atoms with van der Waals surface area (Å²) in [6, 6.07) is 6.46. The molecule has 1 N–H and O–H groups in total. The number of ether oxygens (including phenoxy) is 1. The first-order valence-corrected chi connectivity index (χ1v) is 7.14. The Bertz CT molecular complexity index is 623. The van der Waals surface area contributed by atoms with E-state index in [0.29, 0.717) is 28.6 Å². The highest BCUT2D eigenvalue weighted by Gasteiger charge is 2.25. The van der Waals surface area contributed by atoms with Crippen molar-refractivity contribution in [2.24, 2.45) is 0 Å². The van der Waals surface area contributed by atoms with Crippen LogP contribution in [0.2, 0.25) is 0 Å². The van der Waals surface area contributed by atoms with Crippen LogP contribution in [0.3, 0.4) is 0 Å². The molecule has 1 aliphatic rings. The number of nitrogens with one attached hydrogen (secondary N) is 1. The second-order valence-corrected chi connectivity index (χ2v) is 5.47. The average molecular weight is 292 g/mol. The molecule has 3 rings (SSSR count). The Kier molecular flexibility index (Phi) is 3.86. The quantitative estimate of drug-likeness (QED) is 0.880. The van der Waals surface area contributed by atoms with Gasteiger partial charge in [-0.15, -0.1) is 11.3 Å². The Labute approximate surface area is 119 Å². The first-order chi connectivity index (χ1) is 9.75. The fourth-order valence-corrected chi connectivity index (χ4v) is 2.97. The van der Waals surface area contributed by atoms with Gasteiger partial charge in [-0.25, -0.2) is 9.37 Å². The predicted molar refractivity (Wildman–Crippen MR) is 74.4 cm³/mol. The van der Waals surface area contributed by atoms with Crippen LogP contribution in [-0.2, 0) is 4.74 Å². The fourth-order valence-electron chi connectivity index (χ4n) is 2.05. The van der Waals surface area contributed by atoms with Crippen LogP contribution in [-0.4, -0.2) is 36.6 Å². The minimum absolute atomic E-state index is 0.148. The Hall–Kier alpha value is -1.63. The molecule has 1 aliphatic heterocycles. The first-order valence-electron chi connectivity index (χ1n) is 6.33. The summed E-state index contributed by atoms with van der Waals surface area (Å²) in [7, 11) is 0. The number of nitrogens with zero attached hydrogens (tertiary/aromatic N) is 1. The minimum Gasteiger partial charge on any atom is -0.367 e. The Morgan fingerprint density at radius 3 is 3.05 bits per heavy atom. The number of morpholine rings is 1. The van der Waals surface area contributed by atoms with E-state index in [0.717, 1.165) is 6.54 Å². The summed E-state index contributed by atoms with van der Waals surface area (Å²) >= 11 is 1.19. The van der Waals surface area contributed by atoms with Crippen LogP contribution in [0.15, 0.2) is 30.5 Å². The summed E-state index contributed by atoms with van der Waals surface area (Å²) in [5.41, 5.74) is 0.465. The van der Waals surface area contributed by atoms with E-state index >= 15 is 0 Å². The van der Waals surface area contributed by atoms with Crippen molar-refractivity contribution >= 4 is 17.1 Å². The molecule has 2 aromatic rings. The smallest absolute Gasteiger partial charge is 0.221 e. The molecule has 0 bridgehead atoms. The highest BCUT2D eigenvalue weighted by Crippen LogP contribution is 2.29. The molecule has 1 aromatic heterocycles. The molecule has 1 unspecified atom stereocenters. The summed E-state index contributed by atoms with van der Waals surface area (Å²) in [6.45, 7) is 1.76. The summed E-state index contributed by atoms with van der Waals surface area (Å²) in [6.07, 6.45) is 1.04. The van der Waals surface area contributed by atoms with E-state index in [1.54, 1.807) is 18.2 Å². The molecular formula is C14H13FN2O2S. The van der Waals surface area contributed by atoms with Crippen molar-refractivity contribution in [2.75, 3.05) is 19.7 Å². The van der Waals surface area contributed by atoms with Gasteiger partial charge in [0.25, 0.3) is 0 Å². The Morgan fingerprint density at radius 1 is 1.45 bits per heavy atom. The minimum atomic E-state index is -0.497. The number of benzene rings is 1. The highest BCUT2D eigenvalue weighted by molar-refractivity contribution is 7.17. The number of thiazole rings is 1. The monoisotopic (exact) mass is 292 g/mol. The second kappa shape index (κ2) is 5.78. The number of hydrogen-bond acceptors (Lipinski definition) is 5. The van der Waals surface area contributed by atoms with Gasteiger partial charge in [0, 0.05) is 24.8 Å². The first kappa shape index (κ1) is 13.4. The van der Waals surface area contributed by atoms with E-state index in [1.807, 2.05) is 0 Å². The molecule has 0 spiro atoms. The maximum atomic E-state index is 13.7. The number of ketones is 1. The van der Waals surface area contributed by atoms with Crippen molar-refractivity contribution in [2.45, 2.75) is 6.10 Å². The number of carbonyl (C=O) groups excluding carboxylic acids is 1. The van der Waals surface area contributed by atoms with Gasteiger partial charge in [0.1, 0.15) is 11.9 Å². The van der Waals surface area contributed by atoms with Crippen LogP contribution in [0.4, 0.5) is 4.39 Å². The van der Waals surface area contributed by atoms with Crippen molar-refractivity contribution < 1.29 is 13.9 Å². The SMILES string of the molecule is O=C(c1ncc(-c2ccccc2F)s1)C1CNCCO1. The van der Waals surface area contributed by atoms with Crippen molar-refractivity contribution in [3.05, 3.63) is 41.3 Å². The second-order valence-electron chi connectivity index (χ2n) is 4.44. The van der Waals surface area contributed by atoms with E-state index in [2.05, 4.69) is 10.3 Å². The summed E-state index contributed by atoms with van der Waals surface area (Å²) in [4.78, 5) is 17.0. The van der Waals surface area contributed by atoms with E-state index < -0.39 is 6.10 Å². The Morgan fingerprint density at radius 2 is 2.30 bits per heavy atom. The third-order valence-corrected chi connectivity index (χ3v) is 4.12. The van der Waals surface area contributed by atoms with Gasteiger partial charge >= 0.3 is 0 Å². The third kappa shape index (κ3) is 2.63. The number of aromatic nitrogens is 1. The molecule has 1 saturated heterocycles. The van der Waals surface area contributed by atoms with E-state index in [4.69, 9.17) is 4.74 Å². The van der Waals surface area contributed by atoms with Crippen molar-refractivity contribution in [1.29, 1.82) is 0 Å². The molecule has 1 atom stereocenters. The van der Waals surface area contributed by atoms with Gasteiger partial charge in [-0.3, -0.25) is 4.79 Å². The summed E-state index contributed by atoms with van der Waals surface area (Å²) < 4.78 is 19.1. The van der Waals surface area contributed by atoms with E-state index in [9.17, 15) is 9.18 Å². The summed E-state index contributed by atoms with van der Waals surface area (Å²) in [5.74, 6) is -0.462. The average Bonchev–Trinajstić information content (AvgIpc) is 2.97. The predicted octanol–water partition coefficient (Wildman–Crippen LogP) is 2.12. The Balaban J connectivity index is 1.83. The zero-order chi connectivity index (χ0) is 13.9. The van der Waals surface area contributed by atoms with Crippen LogP contribution < -0.4 is 5.32 Å². The number of rotatable bonds is 3. The number of carbonyl (C=O) groups is 1. The molecule has 20 heavy (non-hydrogen) atoms. The van der Waals surface area contributed by atoms with Gasteiger partial charge in [-0.1, -0.05) is 18.2 Å². The largest absolute Gasteiger partial charge is 0.367 e. The van der Waals surface area contributed by atoms with Gasteiger partial charge in [0.05, 0.1) is 11.5 Å².